The van der Waals surface area contributed by atoms with Gasteiger partial charge in [0.1, 0.15) is 0 Å². The summed E-state index contributed by atoms with van der Waals surface area (Å²) in [5.41, 5.74) is 1.07. The molecule has 1 fully saturated rings. The zero-order valence-corrected chi connectivity index (χ0v) is 8.81. The predicted octanol–water partition coefficient (Wildman–Crippen LogP) is 0.259. The fourth-order valence-corrected chi connectivity index (χ4v) is 1.62. The van der Waals surface area contributed by atoms with Gasteiger partial charge in [-0.3, -0.25) is 9.78 Å². The maximum Gasteiger partial charge on any atom is 0.228 e. The molecule has 1 saturated heterocycles. The Morgan fingerprint density at radius 3 is 3.00 bits per heavy atom. The van der Waals surface area contributed by atoms with Crippen molar-refractivity contribution in [2.75, 3.05) is 20.1 Å². The number of amides is 1. The molecule has 1 aromatic heterocycles. The fraction of sp³-hybridized carbons (Fsp3) is 0.455. The molecule has 80 valence electrons. The molecule has 0 atom stereocenters. The average molecular weight is 205 g/mol. The Labute approximate surface area is 89.3 Å². The summed E-state index contributed by atoms with van der Waals surface area (Å²) in [6, 6.07) is 3.87. The van der Waals surface area contributed by atoms with E-state index in [0.29, 0.717) is 6.54 Å². The first kappa shape index (κ1) is 10.1. The van der Waals surface area contributed by atoms with Crippen molar-refractivity contribution >= 4 is 5.91 Å². The van der Waals surface area contributed by atoms with E-state index in [4.69, 9.17) is 0 Å². The first-order chi connectivity index (χ1) is 7.27. The van der Waals surface area contributed by atoms with E-state index in [-0.39, 0.29) is 11.8 Å². The molecule has 0 radical (unpaired) electrons. The highest BCUT2D eigenvalue weighted by atomic mass is 16.2. The summed E-state index contributed by atoms with van der Waals surface area (Å²) in [4.78, 5) is 17.6. The number of pyridine rings is 1. The normalized spacial score (nSPS) is 15.8. The molecule has 1 N–H and O–H groups in total. The first-order valence-electron chi connectivity index (χ1n) is 5.12. The molecule has 0 aliphatic carbocycles. The smallest absolute Gasteiger partial charge is 0.228 e. The lowest BCUT2D eigenvalue weighted by atomic mass is 10.0. The summed E-state index contributed by atoms with van der Waals surface area (Å²) < 4.78 is 0. The molecule has 0 spiro atoms. The Kier molecular flexibility index (Phi) is 2.97. The zero-order valence-electron chi connectivity index (χ0n) is 8.81. The summed E-state index contributed by atoms with van der Waals surface area (Å²) in [7, 11) is 1.84. The van der Waals surface area contributed by atoms with E-state index in [1.54, 1.807) is 17.3 Å². The molecule has 2 heterocycles. The van der Waals surface area contributed by atoms with E-state index in [9.17, 15) is 4.79 Å². The van der Waals surface area contributed by atoms with Gasteiger partial charge in [-0.05, 0) is 11.6 Å². The topological polar surface area (TPSA) is 45.2 Å². The molecule has 1 aliphatic rings. The minimum absolute atomic E-state index is 0.173. The second-order valence-corrected chi connectivity index (χ2v) is 3.91. The highest BCUT2D eigenvalue weighted by molar-refractivity contribution is 5.79. The van der Waals surface area contributed by atoms with Gasteiger partial charge in [-0.1, -0.05) is 6.07 Å². The van der Waals surface area contributed by atoms with E-state index in [0.717, 1.165) is 18.7 Å². The average Bonchev–Trinajstić information content (AvgIpc) is 2.16. The SMILES string of the molecule is CN(Cc1cccnc1)C(=O)C1CNC1. The Hall–Kier alpha value is -1.42. The van der Waals surface area contributed by atoms with Crippen LogP contribution in [0.1, 0.15) is 5.56 Å². The van der Waals surface area contributed by atoms with Crippen molar-refractivity contribution in [3.8, 4) is 0 Å². The third-order valence-electron chi connectivity index (χ3n) is 2.65. The van der Waals surface area contributed by atoms with Crippen molar-refractivity contribution in [1.82, 2.24) is 15.2 Å². The molecule has 1 amide bonds. The first-order valence-corrected chi connectivity index (χ1v) is 5.12. The molecule has 0 unspecified atom stereocenters. The number of hydrogen-bond acceptors (Lipinski definition) is 3. The van der Waals surface area contributed by atoms with Crippen LogP contribution in [0.2, 0.25) is 0 Å². The van der Waals surface area contributed by atoms with Gasteiger partial charge in [-0.2, -0.15) is 0 Å². The lowest BCUT2D eigenvalue weighted by Crippen LogP contribution is -2.50. The van der Waals surface area contributed by atoms with Crippen molar-refractivity contribution in [2.45, 2.75) is 6.54 Å². The number of hydrogen-bond donors (Lipinski definition) is 1. The molecule has 1 aromatic rings. The van der Waals surface area contributed by atoms with Crippen molar-refractivity contribution in [3.63, 3.8) is 0 Å². The van der Waals surface area contributed by atoms with Crippen LogP contribution in [0.4, 0.5) is 0 Å². The van der Waals surface area contributed by atoms with Crippen molar-refractivity contribution in [3.05, 3.63) is 30.1 Å². The van der Waals surface area contributed by atoms with Gasteiger partial charge in [-0.25, -0.2) is 0 Å². The van der Waals surface area contributed by atoms with E-state index >= 15 is 0 Å². The number of rotatable bonds is 3. The van der Waals surface area contributed by atoms with Gasteiger partial charge >= 0.3 is 0 Å². The molecule has 0 aromatic carbocycles. The molecule has 4 nitrogen and oxygen atoms in total. The number of nitrogens with zero attached hydrogens (tertiary/aromatic N) is 2. The van der Waals surface area contributed by atoms with Gasteiger partial charge < -0.3 is 10.2 Å². The molecular weight excluding hydrogens is 190 g/mol. The number of carbonyl (C=O) groups excluding carboxylic acids is 1. The summed E-state index contributed by atoms with van der Waals surface area (Å²) in [6.45, 7) is 2.27. The monoisotopic (exact) mass is 205 g/mol. The summed E-state index contributed by atoms with van der Waals surface area (Å²) in [5.74, 6) is 0.393. The third kappa shape index (κ3) is 2.33. The standard InChI is InChI=1S/C11H15N3O/c1-14(11(15)10-6-13-7-10)8-9-3-2-4-12-5-9/h2-5,10,13H,6-8H2,1H3. The van der Waals surface area contributed by atoms with Crippen molar-refractivity contribution in [1.29, 1.82) is 0 Å². The highest BCUT2D eigenvalue weighted by Gasteiger charge is 2.27. The fourth-order valence-electron chi connectivity index (χ4n) is 1.62. The van der Waals surface area contributed by atoms with Gasteiger partial charge in [0, 0.05) is 39.1 Å². The highest BCUT2D eigenvalue weighted by Crippen LogP contribution is 2.09. The summed E-state index contributed by atoms with van der Waals surface area (Å²) in [5, 5.41) is 3.10. The van der Waals surface area contributed by atoms with Gasteiger partial charge in [0.05, 0.1) is 5.92 Å². The van der Waals surface area contributed by atoms with E-state index in [1.165, 1.54) is 0 Å². The van der Waals surface area contributed by atoms with Crippen LogP contribution in [0.15, 0.2) is 24.5 Å². The Balaban J connectivity index is 1.91. The number of aromatic nitrogens is 1. The lowest BCUT2D eigenvalue weighted by molar-refractivity contribution is -0.136. The van der Waals surface area contributed by atoms with Gasteiger partial charge in [0.2, 0.25) is 5.91 Å². The maximum absolute atomic E-state index is 11.8. The van der Waals surface area contributed by atoms with Crippen LogP contribution < -0.4 is 5.32 Å². The minimum atomic E-state index is 0.173. The number of carbonyl (C=O) groups is 1. The maximum atomic E-state index is 11.8. The Bertz CT molecular complexity index is 335. The van der Waals surface area contributed by atoms with Crippen LogP contribution in [0.3, 0.4) is 0 Å². The molecule has 4 heteroatoms. The van der Waals surface area contributed by atoms with Gasteiger partial charge in [0.25, 0.3) is 0 Å². The van der Waals surface area contributed by atoms with E-state index in [1.807, 2.05) is 19.2 Å². The van der Waals surface area contributed by atoms with Crippen LogP contribution in [-0.2, 0) is 11.3 Å². The Morgan fingerprint density at radius 1 is 1.67 bits per heavy atom. The van der Waals surface area contributed by atoms with Crippen LogP contribution in [-0.4, -0.2) is 35.9 Å². The van der Waals surface area contributed by atoms with E-state index in [2.05, 4.69) is 10.3 Å². The van der Waals surface area contributed by atoms with Crippen LogP contribution in [0.25, 0.3) is 0 Å². The number of nitrogens with one attached hydrogen (secondary N) is 1. The third-order valence-corrected chi connectivity index (χ3v) is 2.65. The second-order valence-electron chi connectivity index (χ2n) is 3.91. The van der Waals surface area contributed by atoms with Crippen molar-refractivity contribution in [2.24, 2.45) is 5.92 Å². The Morgan fingerprint density at radius 2 is 2.47 bits per heavy atom. The van der Waals surface area contributed by atoms with Crippen molar-refractivity contribution < 1.29 is 4.79 Å². The molecule has 15 heavy (non-hydrogen) atoms. The second kappa shape index (κ2) is 4.40. The van der Waals surface area contributed by atoms with E-state index < -0.39 is 0 Å². The minimum Gasteiger partial charge on any atom is -0.341 e. The zero-order chi connectivity index (χ0) is 10.7. The van der Waals surface area contributed by atoms with Crippen LogP contribution in [0.5, 0.6) is 0 Å². The molecule has 2 rings (SSSR count). The van der Waals surface area contributed by atoms with Crippen LogP contribution in [0, 0.1) is 5.92 Å². The summed E-state index contributed by atoms with van der Waals surface area (Å²) >= 11 is 0. The molecule has 1 aliphatic heterocycles. The van der Waals surface area contributed by atoms with Gasteiger partial charge in [0.15, 0.2) is 0 Å². The van der Waals surface area contributed by atoms with Gasteiger partial charge in [-0.15, -0.1) is 0 Å². The molecular formula is C11H15N3O. The molecule has 0 bridgehead atoms. The quantitative estimate of drug-likeness (QED) is 0.770. The molecule has 0 saturated carbocycles. The largest absolute Gasteiger partial charge is 0.341 e. The van der Waals surface area contributed by atoms with Crippen LogP contribution >= 0.6 is 0 Å². The summed E-state index contributed by atoms with van der Waals surface area (Å²) in [6.07, 6.45) is 3.53. The lowest BCUT2D eigenvalue weighted by Gasteiger charge is -2.30. The predicted molar refractivity (Wildman–Crippen MR) is 57.1 cm³/mol.